The predicted octanol–water partition coefficient (Wildman–Crippen LogP) is 5.67. The minimum absolute atomic E-state index is 0.000663. The fourth-order valence-corrected chi connectivity index (χ4v) is 4.82. The van der Waals surface area contributed by atoms with Crippen LogP contribution in [0, 0.1) is 0 Å². The first kappa shape index (κ1) is 23.1. The largest absolute Gasteiger partial charge is 0.399 e. The average Bonchev–Trinajstić information content (AvgIpc) is 2.95. The van der Waals surface area contributed by atoms with Crippen LogP contribution < -0.4 is 10.6 Å². The summed E-state index contributed by atoms with van der Waals surface area (Å²) < 4.78 is 0. The van der Waals surface area contributed by atoms with Gasteiger partial charge in [-0.1, -0.05) is 72.8 Å². The van der Waals surface area contributed by atoms with Gasteiger partial charge in [-0.15, -0.1) is 0 Å². The molecule has 0 saturated carbocycles. The lowest BCUT2D eigenvalue weighted by atomic mass is 9.89. The van der Waals surface area contributed by atoms with Gasteiger partial charge in [0, 0.05) is 45.8 Å². The van der Waals surface area contributed by atoms with Crippen LogP contribution in [-0.2, 0) is 0 Å². The summed E-state index contributed by atoms with van der Waals surface area (Å²) in [5.74, 6) is -1.53. The number of nitrogen functional groups attached to an aromatic ring is 1. The van der Waals surface area contributed by atoms with Gasteiger partial charge in [0.15, 0.2) is 11.6 Å². The van der Waals surface area contributed by atoms with Crippen molar-refractivity contribution in [2.45, 2.75) is 0 Å². The van der Waals surface area contributed by atoms with E-state index < -0.39 is 11.6 Å². The highest BCUT2D eigenvalue weighted by Gasteiger charge is 2.36. The van der Waals surface area contributed by atoms with Crippen molar-refractivity contribution in [2.75, 3.05) is 10.6 Å². The van der Waals surface area contributed by atoms with E-state index in [9.17, 15) is 19.2 Å². The summed E-state index contributed by atoms with van der Waals surface area (Å²) in [5, 5.41) is 0. The number of rotatable bonds is 4. The molecule has 0 bridgehead atoms. The van der Waals surface area contributed by atoms with Crippen molar-refractivity contribution in [1.82, 2.24) is 0 Å². The van der Waals surface area contributed by atoms with Crippen LogP contribution >= 0.6 is 0 Å². The number of allylic oxidation sites excluding steroid dienone is 4. The lowest BCUT2D eigenvalue weighted by Crippen LogP contribution is -2.36. The van der Waals surface area contributed by atoms with Crippen molar-refractivity contribution in [3.63, 3.8) is 0 Å². The Bertz CT molecular complexity index is 1640. The Balaban J connectivity index is 1.50. The zero-order valence-corrected chi connectivity index (χ0v) is 20.0. The fourth-order valence-electron chi connectivity index (χ4n) is 4.82. The molecular weight excluding hydrogens is 476 g/mol. The summed E-state index contributed by atoms with van der Waals surface area (Å²) in [7, 11) is 0. The first-order chi connectivity index (χ1) is 18.4. The number of fused-ring (bicyclic) bond motifs is 2. The highest BCUT2D eigenvalue weighted by molar-refractivity contribution is 6.30. The smallest absolute Gasteiger partial charge is 0.210 e. The van der Waals surface area contributed by atoms with Crippen molar-refractivity contribution in [3.05, 3.63) is 143 Å². The number of benzene rings is 4. The van der Waals surface area contributed by atoms with E-state index in [4.69, 9.17) is 5.73 Å². The van der Waals surface area contributed by atoms with E-state index in [2.05, 4.69) is 0 Å². The van der Waals surface area contributed by atoms with Crippen LogP contribution in [0.4, 0.5) is 11.4 Å². The maximum atomic E-state index is 13.7. The normalized spacial score (nSPS) is 14.4. The third-order valence-electron chi connectivity index (χ3n) is 6.73. The van der Waals surface area contributed by atoms with Crippen LogP contribution in [0.2, 0.25) is 0 Å². The number of Topliss-reactive ketones (excluding diaryl/α,β-unsaturated/α-hetero) is 2. The molecule has 0 aromatic heterocycles. The van der Waals surface area contributed by atoms with E-state index in [1.165, 1.54) is 17.1 Å². The number of hydrogen-bond donors (Lipinski definition) is 1. The SMILES string of the molecule is Nc1ccc(-c2ccc(N(C3=CC(=O)c4ccccc4C3=O)C3=CC(=O)c4ccccc4C3=O)cc2)cc1. The number of hydrogen-bond acceptors (Lipinski definition) is 6. The van der Waals surface area contributed by atoms with Crippen LogP contribution in [0.5, 0.6) is 0 Å². The molecule has 0 atom stereocenters. The minimum Gasteiger partial charge on any atom is -0.399 e. The maximum Gasteiger partial charge on any atom is 0.210 e. The molecule has 0 spiro atoms. The second-order valence-corrected chi connectivity index (χ2v) is 9.04. The Hall–Kier alpha value is -5.36. The van der Waals surface area contributed by atoms with Crippen molar-refractivity contribution in [1.29, 1.82) is 0 Å². The van der Waals surface area contributed by atoms with Gasteiger partial charge in [0.1, 0.15) is 0 Å². The molecule has 4 aromatic rings. The van der Waals surface area contributed by atoms with Crippen LogP contribution in [0.25, 0.3) is 11.1 Å². The molecule has 6 rings (SSSR count). The van der Waals surface area contributed by atoms with Gasteiger partial charge in [-0.2, -0.15) is 0 Å². The minimum atomic E-state index is -0.414. The molecule has 2 N–H and O–H groups in total. The number of anilines is 2. The topological polar surface area (TPSA) is 97.5 Å². The Morgan fingerprint density at radius 3 is 1.32 bits per heavy atom. The van der Waals surface area contributed by atoms with Crippen molar-refractivity contribution >= 4 is 34.5 Å². The van der Waals surface area contributed by atoms with Gasteiger partial charge in [0.05, 0.1) is 11.4 Å². The standard InChI is InChI=1S/C32H20N2O4/c33-21-13-9-19(10-14-21)20-11-15-22(16-12-20)34(27-17-29(35)23-5-1-3-7-25(23)31(27)37)28-18-30(36)24-6-2-4-8-26(24)32(28)38/h1-18H,33H2. The van der Waals surface area contributed by atoms with Gasteiger partial charge in [0.25, 0.3) is 0 Å². The third kappa shape index (κ3) is 3.76. The molecule has 0 fully saturated rings. The Morgan fingerprint density at radius 1 is 0.474 bits per heavy atom. The maximum absolute atomic E-state index is 13.7. The molecule has 182 valence electrons. The lowest BCUT2D eigenvalue weighted by Gasteiger charge is -2.31. The Labute approximate surface area is 218 Å². The van der Waals surface area contributed by atoms with Gasteiger partial charge < -0.3 is 10.6 Å². The molecule has 0 amide bonds. The van der Waals surface area contributed by atoms with E-state index in [0.717, 1.165) is 11.1 Å². The number of nitrogens with zero attached hydrogens (tertiary/aromatic N) is 1. The summed E-state index contributed by atoms with van der Waals surface area (Å²) in [5.41, 5.74) is 9.84. The second-order valence-electron chi connectivity index (χ2n) is 9.04. The molecule has 38 heavy (non-hydrogen) atoms. The van der Waals surface area contributed by atoms with Gasteiger partial charge in [-0.25, -0.2) is 0 Å². The second kappa shape index (κ2) is 8.94. The monoisotopic (exact) mass is 496 g/mol. The molecule has 0 saturated heterocycles. The van der Waals surface area contributed by atoms with Gasteiger partial charge in [-0.05, 0) is 35.4 Å². The highest BCUT2D eigenvalue weighted by atomic mass is 16.1. The molecule has 6 heteroatoms. The molecular formula is C32H20N2O4. The number of nitrogens with two attached hydrogens (primary N) is 1. The van der Waals surface area contributed by atoms with Crippen molar-refractivity contribution in [3.8, 4) is 11.1 Å². The first-order valence-electron chi connectivity index (χ1n) is 12.0. The molecule has 0 unspecified atom stereocenters. The molecule has 4 aromatic carbocycles. The van der Waals surface area contributed by atoms with Crippen molar-refractivity contribution in [2.24, 2.45) is 0 Å². The Kier molecular flexibility index (Phi) is 5.43. The molecule has 6 nitrogen and oxygen atoms in total. The van der Waals surface area contributed by atoms with Crippen molar-refractivity contribution < 1.29 is 19.2 Å². The summed E-state index contributed by atoms with van der Waals surface area (Å²) in [6, 6.07) is 27.7. The van der Waals surface area contributed by atoms with Crippen LogP contribution in [0.15, 0.2) is 121 Å². The predicted molar refractivity (Wildman–Crippen MR) is 145 cm³/mol. The van der Waals surface area contributed by atoms with E-state index in [1.54, 1.807) is 72.8 Å². The van der Waals surface area contributed by atoms with Gasteiger partial charge in [-0.3, -0.25) is 19.2 Å². The van der Waals surface area contributed by atoms with E-state index in [-0.39, 0.29) is 34.1 Å². The molecule has 0 heterocycles. The van der Waals surface area contributed by atoms with E-state index in [1.807, 2.05) is 24.3 Å². The molecule has 0 aliphatic heterocycles. The summed E-state index contributed by atoms with van der Waals surface area (Å²) >= 11 is 0. The highest BCUT2D eigenvalue weighted by Crippen LogP contribution is 2.35. The zero-order valence-electron chi connectivity index (χ0n) is 20.0. The average molecular weight is 497 g/mol. The number of carbonyl (C=O) groups excluding carboxylic acids is 4. The van der Waals surface area contributed by atoms with Crippen LogP contribution in [0.1, 0.15) is 41.4 Å². The number of ketones is 4. The fraction of sp³-hybridized carbons (Fsp3) is 0. The summed E-state index contributed by atoms with van der Waals surface area (Å²) in [6.07, 6.45) is 2.47. The quantitative estimate of drug-likeness (QED) is 0.366. The van der Waals surface area contributed by atoms with Crippen LogP contribution in [-0.4, -0.2) is 23.1 Å². The van der Waals surface area contributed by atoms with Gasteiger partial charge in [0.2, 0.25) is 11.6 Å². The molecule has 0 radical (unpaired) electrons. The lowest BCUT2D eigenvalue weighted by molar-refractivity contribution is 0.0971. The molecule has 2 aliphatic rings. The number of carbonyl (C=O) groups is 4. The summed E-state index contributed by atoms with van der Waals surface area (Å²) in [4.78, 5) is 54.8. The van der Waals surface area contributed by atoms with E-state index in [0.29, 0.717) is 22.5 Å². The van der Waals surface area contributed by atoms with Crippen LogP contribution in [0.3, 0.4) is 0 Å². The first-order valence-corrected chi connectivity index (χ1v) is 12.0. The zero-order chi connectivity index (χ0) is 26.4. The third-order valence-corrected chi connectivity index (χ3v) is 6.73. The molecule has 2 aliphatic carbocycles. The Morgan fingerprint density at radius 2 is 0.868 bits per heavy atom. The van der Waals surface area contributed by atoms with E-state index >= 15 is 0 Å². The van der Waals surface area contributed by atoms with Gasteiger partial charge >= 0.3 is 0 Å². The summed E-state index contributed by atoms with van der Waals surface area (Å²) in [6.45, 7) is 0.